The minimum Gasteiger partial charge on any atom is -0.309 e. The maximum atomic E-state index is 11.9. The van der Waals surface area contributed by atoms with Gasteiger partial charge >= 0.3 is 5.51 Å². The van der Waals surface area contributed by atoms with Gasteiger partial charge in [-0.05, 0) is 35.9 Å². The van der Waals surface area contributed by atoms with Gasteiger partial charge in [0.25, 0.3) is 0 Å². The smallest absolute Gasteiger partial charge is 0.309 e. The molecule has 0 fully saturated rings. The average molecular weight is 298 g/mol. The summed E-state index contributed by atoms with van der Waals surface area (Å²) >= 11 is 5.79. The predicted octanol–water partition coefficient (Wildman–Crippen LogP) is 4.63. The van der Waals surface area contributed by atoms with Gasteiger partial charge in [-0.2, -0.15) is 13.2 Å². The molecule has 1 rings (SSSR count). The summed E-state index contributed by atoms with van der Waals surface area (Å²) in [6.07, 6.45) is 0.818. The molecule has 1 atom stereocenters. The summed E-state index contributed by atoms with van der Waals surface area (Å²) in [4.78, 5) is 0. The molecule has 0 aliphatic rings. The summed E-state index contributed by atoms with van der Waals surface area (Å²) < 4.78 is 35.8. The molecule has 18 heavy (non-hydrogen) atoms. The molecule has 0 amide bonds. The van der Waals surface area contributed by atoms with Gasteiger partial charge in [0.05, 0.1) is 0 Å². The standard InChI is InChI=1S/C12H15ClF3NS/c1-2-11(9-3-5-10(13)6-4-9)17-7-8-18-12(14,15)16/h3-6,11,17H,2,7-8H2,1H3. The first-order valence-corrected chi connectivity index (χ1v) is 6.98. The lowest BCUT2D eigenvalue weighted by Crippen LogP contribution is -2.24. The highest BCUT2D eigenvalue weighted by molar-refractivity contribution is 8.00. The second-order valence-electron chi connectivity index (χ2n) is 3.76. The van der Waals surface area contributed by atoms with Crippen molar-refractivity contribution in [3.63, 3.8) is 0 Å². The Balaban J connectivity index is 2.40. The van der Waals surface area contributed by atoms with E-state index in [0.717, 1.165) is 12.0 Å². The molecule has 0 saturated heterocycles. The van der Waals surface area contributed by atoms with Gasteiger partial charge in [-0.3, -0.25) is 0 Å². The minimum atomic E-state index is -4.15. The third kappa shape index (κ3) is 5.98. The zero-order valence-electron chi connectivity index (χ0n) is 9.93. The molecule has 6 heteroatoms. The number of rotatable bonds is 6. The highest BCUT2D eigenvalue weighted by Crippen LogP contribution is 2.29. The maximum Gasteiger partial charge on any atom is 0.441 e. The molecule has 0 aliphatic heterocycles. The molecule has 0 saturated carbocycles. The topological polar surface area (TPSA) is 12.0 Å². The Kier molecular flexibility index (Phi) is 6.32. The van der Waals surface area contributed by atoms with E-state index in [9.17, 15) is 13.2 Å². The van der Waals surface area contributed by atoms with Crippen LogP contribution < -0.4 is 5.32 Å². The van der Waals surface area contributed by atoms with Crippen LogP contribution >= 0.6 is 23.4 Å². The van der Waals surface area contributed by atoms with Crippen LogP contribution in [0.5, 0.6) is 0 Å². The van der Waals surface area contributed by atoms with E-state index in [1.54, 1.807) is 12.1 Å². The highest BCUT2D eigenvalue weighted by atomic mass is 35.5. The van der Waals surface area contributed by atoms with E-state index in [1.165, 1.54) is 0 Å². The van der Waals surface area contributed by atoms with Crippen LogP contribution in [0.4, 0.5) is 13.2 Å². The lowest BCUT2D eigenvalue weighted by atomic mass is 10.1. The van der Waals surface area contributed by atoms with Crippen molar-refractivity contribution in [1.82, 2.24) is 5.32 Å². The largest absolute Gasteiger partial charge is 0.441 e. The number of alkyl halides is 3. The van der Waals surface area contributed by atoms with Crippen molar-refractivity contribution in [3.05, 3.63) is 34.9 Å². The van der Waals surface area contributed by atoms with Crippen LogP contribution in [-0.4, -0.2) is 17.8 Å². The molecule has 1 N–H and O–H groups in total. The summed E-state index contributed by atoms with van der Waals surface area (Å²) in [6, 6.07) is 7.41. The van der Waals surface area contributed by atoms with Gasteiger partial charge in [0.15, 0.2) is 0 Å². The van der Waals surface area contributed by atoms with Crippen molar-refractivity contribution in [1.29, 1.82) is 0 Å². The van der Waals surface area contributed by atoms with Crippen LogP contribution in [0.1, 0.15) is 24.9 Å². The van der Waals surface area contributed by atoms with Crippen LogP contribution in [0, 0.1) is 0 Å². The number of benzene rings is 1. The molecule has 0 aliphatic carbocycles. The summed E-state index contributed by atoms with van der Waals surface area (Å²) in [5, 5.41) is 3.77. The molecule has 0 radical (unpaired) electrons. The Hall–Kier alpha value is -0.390. The van der Waals surface area contributed by atoms with Crippen molar-refractivity contribution in [2.75, 3.05) is 12.3 Å². The molecular formula is C12H15ClF3NS. The van der Waals surface area contributed by atoms with Crippen LogP contribution in [0.15, 0.2) is 24.3 Å². The molecule has 1 aromatic carbocycles. The quantitative estimate of drug-likeness (QED) is 0.768. The van der Waals surface area contributed by atoms with Gasteiger partial charge in [0, 0.05) is 23.4 Å². The lowest BCUT2D eigenvalue weighted by Gasteiger charge is -2.17. The van der Waals surface area contributed by atoms with Gasteiger partial charge in [-0.25, -0.2) is 0 Å². The van der Waals surface area contributed by atoms with Crippen LogP contribution in [0.3, 0.4) is 0 Å². The summed E-state index contributed by atoms with van der Waals surface area (Å²) in [7, 11) is 0. The Bertz CT molecular complexity index is 353. The first-order chi connectivity index (χ1) is 8.42. The summed E-state index contributed by atoms with van der Waals surface area (Å²) in [6.45, 7) is 2.31. The number of halogens is 4. The first kappa shape index (κ1) is 15.7. The zero-order valence-corrected chi connectivity index (χ0v) is 11.5. The average Bonchev–Trinajstić information content (AvgIpc) is 2.29. The minimum absolute atomic E-state index is 0.0000711. The summed E-state index contributed by atoms with van der Waals surface area (Å²) in [5.74, 6) is 0.0214. The van der Waals surface area contributed by atoms with Crippen molar-refractivity contribution < 1.29 is 13.2 Å². The van der Waals surface area contributed by atoms with Crippen LogP contribution in [-0.2, 0) is 0 Å². The van der Waals surface area contributed by atoms with Crippen molar-refractivity contribution in [3.8, 4) is 0 Å². The molecule has 0 heterocycles. The fourth-order valence-corrected chi connectivity index (χ4v) is 2.17. The van der Waals surface area contributed by atoms with E-state index < -0.39 is 5.51 Å². The van der Waals surface area contributed by atoms with E-state index in [2.05, 4.69) is 5.32 Å². The number of nitrogens with one attached hydrogen (secondary N) is 1. The SMILES string of the molecule is CCC(NCCSC(F)(F)F)c1ccc(Cl)cc1. The molecule has 1 unspecified atom stereocenters. The predicted molar refractivity (Wildman–Crippen MR) is 71.0 cm³/mol. The molecule has 102 valence electrons. The van der Waals surface area contributed by atoms with E-state index >= 15 is 0 Å². The molecule has 0 aromatic heterocycles. The molecule has 0 bridgehead atoms. The van der Waals surface area contributed by atoms with E-state index in [0.29, 0.717) is 11.6 Å². The molecule has 1 aromatic rings. The molecule has 1 nitrogen and oxygen atoms in total. The van der Waals surface area contributed by atoms with Crippen LogP contribution in [0.2, 0.25) is 5.02 Å². The lowest BCUT2D eigenvalue weighted by molar-refractivity contribution is -0.0327. The van der Waals surface area contributed by atoms with Crippen LogP contribution in [0.25, 0.3) is 0 Å². The van der Waals surface area contributed by atoms with Crippen molar-refractivity contribution in [2.24, 2.45) is 0 Å². The maximum absolute atomic E-state index is 11.9. The van der Waals surface area contributed by atoms with E-state index in [4.69, 9.17) is 11.6 Å². The fraction of sp³-hybridized carbons (Fsp3) is 0.500. The molecule has 0 spiro atoms. The Morgan fingerprint density at radius 2 is 1.89 bits per heavy atom. The second kappa shape index (κ2) is 7.26. The van der Waals surface area contributed by atoms with Gasteiger partial charge in [-0.1, -0.05) is 30.7 Å². The van der Waals surface area contributed by atoms with Gasteiger partial charge < -0.3 is 5.32 Å². The fourth-order valence-electron chi connectivity index (χ4n) is 1.59. The second-order valence-corrected chi connectivity index (χ2v) is 5.36. The third-order valence-corrected chi connectivity index (χ3v) is 3.43. The Morgan fingerprint density at radius 1 is 1.28 bits per heavy atom. The van der Waals surface area contributed by atoms with Gasteiger partial charge in [-0.15, -0.1) is 0 Å². The van der Waals surface area contributed by atoms with E-state index in [1.807, 2.05) is 19.1 Å². The van der Waals surface area contributed by atoms with Crippen molar-refractivity contribution >= 4 is 23.4 Å². The zero-order chi connectivity index (χ0) is 13.6. The van der Waals surface area contributed by atoms with Gasteiger partial charge in [0.1, 0.15) is 0 Å². The first-order valence-electron chi connectivity index (χ1n) is 5.62. The van der Waals surface area contributed by atoms with Crippen molar-refractivity contribution in [2.45, 2.75) is 24.9 Å². The highest BCUT2D eigenvalue weighted by Gasteiger charge is 2.27. The summed E-state index contributed by atoms with van der Waals surface area (Å²) in [5.41, 5.74) is -3.11. The number of hydrogen-bond acceptors (Lipinski definition) is 2. The Morgan fingerprint density at radius 3 is 2.39 bits per heavy atom. The normalized spacial score (nSPS) is 13.6. The Labute approximate surface area is 114 Å². The van der Waals surface area contributed by atoms with Gasteiger partial charge in [0.2, 0.25) is 0 Å². The third-order valence-electron chi connectivity index (χ3n) is 2.44. The monoisotopic (exact) mass is 297 g/mol. The van der Waals surface area contributed by atoms with E-state index in [-0.39, 0.29) is 23.6 Å². The number of thioether (sulfide) groups is 1. The molecular weight excluding hydrogens is 283 g/mol. The number of hydrogen-bond donors (Lipinski definition) is 1.